The number of piperidine rings is 2. The summed E-state index contributed by atoms with van der Waals surface area (Å²) in [6, 6.07) is 16.7. The number of H-pyrrole nitrogens is 2. The van der Waals surface area contributed by atoms with Crippen molar-refractivity contribution in [2.24, 2.45) is 5.41 Å². The lowest BCUT2D eigenvalue weighted by Crippen LogP contribution is -2.65. The fourth-order valence-corrected chi connectivity index (χ4v) is 6.70. The monoisotopic (exact) mass is 496 g/mol. The normalized spacial score (nSPS) is 22.2. The second kappa shape index (κ2) is 9.73. The molecule has 2 saturated heterocycles. The lowest BCUT2D eigenvalue weighted by atomic mass is 9.71. The second-order valence-electron chi connectivity index (χ2n) is 11.1. The zero-order valence-corrected chi connectivity index (χ0v) is 21.6. The third-order valence-electron chi connectivity index (χ3n) is 8.71. The highest BCUT2D eigenvalue weighted by atomic mass is 16.2. The van der Waals surface area contributed by atoms with Crippen LogP contribution in [0.4, 0.5) is 0 Å². The Morgan fingerprint density at radius 2 is 1.22 bits per heavy atom. The third kappa shape index (κ3) is 4.43. The van der Waals surface area contributed by atoms with E-state index in [4.69, 9.17) is 0 Å². The molecule has 2 aromatic heterocycles. The Morgan fingerprint density at radius 1 is 0.757 bits per heavy atom. The summed E-state index contributed by atoms with van der Waals surface area (Å²) in [6.45, 7) is 3.66. The largest absolute Gasteiger partial charge is 0.361 e. The zero-order valence-electron chi connectivity index (χ0n) is 21.6. The van der Waals surface area contributed by atoms with Crippen LogP contribution in [0.15, 0.2) is 60.9 Å². The number of rotatable bonds is 8. The van der Waals surface area contributed by atoms with Gasteiger partial charge in [-0.1, -0.05) is 43.3 Å². The predicted molar refractivity (Wildman–Crippen MR) is 147 cm³/mol. The van der Waals surface area contributed by atoms with Crippen LogP contribution in [0, 0.1) is 5.41 Å². The zero-order chi connectivity index (χ0) is 25.4. The van der Waals surface area contributed by atoms with Gasteiger partial charge in [-0.3, -0.25) is 9.59 Å². The number of aromatic nitrogens is 2. The number of benzene rings is 2. The molecule has 192 valence electrons. The van der Waals surface area contributed by atoms with Crippen molar-refractivity contribution in [3.63, 3.8) is 0 Å². The molecule has 37 heavy (non-hydrogen) atoms. The molecule has 2 aromatic carbocycles. The first-order valence-electron chi connectivity index (χ1n) is 13.7. The molecule has 6 rings (SSSR count). The van der Waals surface area contributed by atoms with Crippen LogP contribution >= 0.6 is 0 Å². The summed E-state index contributed by atoms with van der Waals surface area (Å²) in [5, 5.41) is 2.51. The highest BCUT2D eigenvalue weighted by Crippen LogP contribution is 2.45. The molecular weight excluding hydrogens is 460 g/mol. The van der Waals surface area contributed by atoms with E-state index >= 15 is 0 Å². The number of aryl methyl sites for hydroxylation is 2. The van der Waals surface area contributed by atoms with Crippen molar-refractivity contribution in [3.05, 3.63) is 72.1 Å². The van der Waals surface area contributed by atoms with Gasteiger partial charge in [0.25, 0.3) is 0 Å². The molecule has 6 heteroatoms. The van der Waals surface area contributed by atoms with Gasteiger partial charge in [-0.05, 0) is 61.8 Å². The average Bonchev–Trinajstić information content (AvgIpc) is 3.52. The lowest BCUT2D eigenvalue weighted by Gasteiger charge is -2.55. The highest BCUT2D eigenvalue weighted by molar-refractivity contribution is 5.84. The maximum absolute atomic E-state index is 13.2. The van der Waals surface area contributed by atoms with Crippen molar-refractivity contribution >= 4 is 33.6 Å². The van der Waals surface area contributed by atoms with Gasteiger partial charge in [0.15, 0.2) is 0 Å². The van der Waals surface area contributed by atoms with Gasteiger partial charge in [0.05, 0.1) is 0 Å². The van der Waals surface area contributed by atoms with Crippen molar-refractivity contribution < 1.29 is 9.59 Å². The first-order valence-corrected chi connectivity index (χ1v) is 13.7. The van der Waals surface area contributed by atoms with E-state index in [2.05, 4.69) is 65.7 Å². The number of likely N-dealkylation sites (tertiary alicyclic amines) is 2. The van der Waals surface area contributed by atoms with Crippen molar-refractivity contribution in [2.75, 3.05) is 13.1 Å². The molecule has 0 spiro atoms. The Morgan fingerprint density at radius 3 is 1.70 bits per heavy atom. The molecular formula is C31H36N4O2. The van der Waals surface area contributed by atoms with Crippen LogP contribution in [0.1, 0.15) is 56.6 Å². The van der Waals surface area contributed by atoms with E-state index in [0.29, 0.717) is 25.9 Å². The number of para-hydroxylation sites is 2. The maximum Gasteiger partial charge on any atom is 0.224 e. The van der Waals surface area contributed by atoms with Crippen LogP contribution in [0.5, 0.6) is 0 Å². The van der Waals surface area contributed by atoms with Gasteiger partial charge in [0.2, 0.25) is 11.8 Å². The van der Waals surface area contributed by atoms with E-state index in [9.17, 15) is 9.59 Å². The van der Waals surface area contributed by atoms with E-state index in [1.165, 1.54) is 21.9 Å². The Bertz CT molecular complexity index is 1330. The van der Waals surface area contributed by atoms with E-state index in [1.807, 2.05) is 21.9 Å². The Labute approximate surface area is 218 Å². The number of aromatic amines is 2. The molecule has 2 aliphatic heterocycles. The quantitative estimate of drug-likeness (QED) is 0.324. The standard InChI is InChI=1S/C31H36N4O2/c1-31-16-14-28(36)34(18-6-8-22-20-32-26-12-4-2-10-24(22)26)30(31)35(29(37)15-17-31)19-7-9-23-21-33-27-13-5-3-11-25(23)27/h2-5,10-13,20-21,30,32-33H,6-9,14-19H2,1H3. The van der Waals surface area contributed by atoms with Gasteiger partial charge in [0, 0.05) is 65.5 Å². The van der Waals surface area contributed by atoms with Gasteiger partial charge < -0.3 is 19.8 Å². The number of carbonyl (C=O) groups excluding carboxylic acids is 2. The summed E-state index contributed by atoms with van der Waals surface area (Å²) in [4.78, 5) is 37.3. The second-order valence-corrected chi connectivity index (χ2v) is 11.1. The number of nitrogens with one attached hydrogen (secondary N) is 2. The molecule has 0 saturated carbocycles. The number of nitrogens with zero attached hydrogens (tertiary/aromatic N) is 2. The van der Waals surface area contributed by atoms with Crippen LogP contribution in [0.3, 0.4) is 0 Å². The molecule has 2 fully saturated rings. The summed E-state index contributed by atoms with van der Waals surface area (Å²) < 4.78 is 0. The Balaban J connectivity index is 1.17. The van der Waals surface area contributed by atoms with Crippen molar-refractivity contribution in [2.45, 2.75) is 64.5 Å². The number of fused-ring (bicyclic) bond motifs is 3. The number of hydrogen-bond donors (Lipinski definition) is 2. The first-order chi connectivity index (χ1) is 18.0. The van der Waals surface area contributed by atoms with Crippen molar-refractivity contribution in [3.8, 4) is 0 Å². The van der Waals surface area contributed by atoms with E-state index < -0.39 is 0 Å². The molecule has 6 nitrogen and oxygen atoms in total. The third-order valence-corrected chi connectivity index (χ3v) is 8.71. The lowest BCUT2D eigenvalue weighted by molar-refractivity contribution is -0.171. The van der Waals surface area contributed by atoms with Crippen LogP contribution in [-0.4, -0.2) is 50.8 Å². The van der Waals surface area contributed by atoms with Gasteiger partial charge in [-0.25, -0.2) is 0 Å². The molecule has 0 atom stereocenters. The van der Waals surface area contributed by atoms with Gasteiger partial charge in [-0.15, -0.1) is 0 Å². The minimum Gasteiger partial charge on any atom is -0.361 e. The summed E-state index contributed by atoms with van der Waals surface area (Å²) in [5.41, 5.74) is 4.84. The SMILES string of the molecule is CC12CCC(=O)N(CCCc3c[nH]c4ccccc34)C1N(CCCc1c[nH]c3ccccc13)C(=O)CC2. The van der Waals surface area contributed by atoms with Crippen LogP contribution < -0.4 is 0 Å². The topological polar surface area (TPSA) is 72.2 Å². The summed E-state index contributed by atoms with van der Waals surface area (Å²) >= 11 is 0. The van der Waals surface area contributed by atoms with Crippen molar-refractivity contribution in [1.29, 1.82) is 0 Å². The van der Waals surface area contributed by atoms with Crippen molar-refractivity contribution in [1.82, 2.24) is 19.8 Å². The number of hydrogen-bond acceptors (Lipinski definition) is 2. The molecule has 2 aliphatic rings. The summed E-state index contributed by atoms with van der Waals surface area (Å²) in [5.74, 6) is 0.385. The predicted octanol–water partition coefficient (Wildman–Crippen LogP) is 5.79. The Hall–Kier alpha value is -3.54. The highest BCUT2D eigenvalue weighted by Gasteiger charge is 2.50. The number of amides is 2. The van der Waals surface area contributed by atoms with Crippen LogP contribution in [0.25, 0.3) is 21.8 Å². The van der Waals surface area contributed by atoms with Crippen LogP contribution in [-0.2, 0) is 22.4 Å². The fourth-order valence-electron chi connectivity index (χ4n) is 6.70. The van der Waals surface area contributed by atoms with E-state index in [0.717, 1.165) is 49.6 Å². The molecule has 0 unspecified atom stereocenters. The molecule has 0 aliphatic carbocycles. The smallest absolute Gasteiger partial charge is 0.224 e. The van der Waals surface area contributed by atoms with Crippen LogP contribution in [0.2, 0.25) is 0 Å². The summed E-state index contributed by atoms with van der Waals surface area (Å²) in [6.07, 6.45) is 10.5. The minimum atomic E-state index is -0.138. The molecule has 0 radical (unpaired) electrons. The Kier molecular flexibility index (Phi) is 6.27. The molecule has 0 bridgehead atoms. The molecule has 2 amide bonds. The average molecular weight is 497 g/mol. The van der Waals surface area contributed by atoms with E-state index in [-0.39, 0.29) is 23.4 Å². The molecule has 4 heterocycles. The number of carbonyl (C=O) groups is 2. The molecule has 4 aromatic rings. The van der Waals surface area contributed by atoms with Gasteiger partial charge >= 0.3 is 0 Å². The summed E-state index contributed by atoms with van der Waals surface area (Å²) in [7, 11) is 0. The fraction of sp³-hybridized carbons (Fsp3) is 0.419. The molecule has 2 N–H and O–H groups in total. The van der Waals surface area contributed by atoms with Gasteiger partial charge in [0.1, 0.15) is 6.17 Å². The van der Waals surface area contributed by atoms with E-state index in [1.54, 1.807) is 0 Å². The first kappa shape index (κ1) is 23.8. The minimum absolute atomic E-state index is 0.0383. The maximum atomic E-state index is 13.2. The van der Waals surface area contributed by atoms with Gasteiger partial charge in [-0.2, -0.15) is 0 Å².